The number of halogens is 3. The molecule has 0 bridgehead atoms. The van der Waals surface area contributed by atoms with E-state index >= 15 is 0 Å². The average molecular weight is 378 g/mol. The second-order valence-electron chi connectivity index (χ2n) is 6.23. The van der Waals surface area contributed by atoms with Gasteiger partial charge in [-0.05, 0) is 56.2 Å². The molecule has 27 heavy (non-hydrogen) atoms. The van der Waals surface area contributed by atoms with Gasteiger partial charge < -0.3 is 16.0 Å². The fourth-order valence-electron chi connectivity index (χ4n) is 2.37. The number of anilines is 2. The number of nitrogens with one attached hydrogen (secondary N) is 3. The Balaban J connectivity index is 1.62. The number of nitrogens with zero attached hydrogens (tertiary/aromatic N) is 1. The van der Waals surface area contributed by atoms with E-state index in [9.17, 15) is 22.8 Å². The summed E-state index contributed by atoms with van der Waals surface area (Å²) in [7, 11) is 0. The van der Waals surface area contributed by atoms with E-state index in [1.165, 1.54) is 6.92 Å². The third kappa shape index (κ3) is 4.96. The van der Waals surface area contributed by atoms with Crippen molar-refractivity contribution in [2.45, 2.75) is 32.0 Å². The second-order valence-corrected chi connectivity index (χ2v) is 6.23. The fraction of sp³-hybridized carbons (Fsp3) is 0.278. The third-order valence-electron chi connectivity index (χ3n) is 3.93. The van der Waals surface area contributed by atoms with Gasteiger partial charge in [-0.2, -0.15) is 13.2 Å². The van der Waals surface area contributed by atoms with Crippen molar-refractivity contribution in [2.75, 3.05) is 10.6 Å². The number of carbonyl (C=O) groups excluding carboxylic acids is 2. The van der Waals surface area contributed by atoms with Gasteiger partial charge in [-0.25, -0.2) is 9.78 Å². The number of benzene rings is 1. The SMILES string of the molecule is Cc1nc(C(F)(F)F)ccc1C(=O)Nc1ccc(NC(=O)NC2CC2)cc1. The van der Waals surface area contributed by atoms with Crippen LogP contribution in [0.1, 0.15) is 34.6 Å². The standard InChI is InChI=1S/C18H17F3N4O2/c1-10-14(8-9-15(22-10)18(19,20)21)16(26)23-11-2-4-12(5-3-11)24-17(27)25-13-6-7-13/h2-5,8-9,13H,6-7H2,1H3,(H,23,26)(H2,24,25,27). The maximum atomic E-state index is 12.7. The molecule has 1 heterocycles. The van der Waals surface area contributed by atoms with Crippen LogP contribution in [0, 0.1) is 6.92 Å². The maximum Gasteiger partial charge on any atom is 0.433 e. The zero-order chi connectivity index (χ0) is 19.6. The van der Waals surface area contributed by atoms with Crippen molar-refractivity contribution < 1.29 is 22.8 Å². The molecule has 1 aliphatic carbocycles. The maximum absolute atomic E-state index is 12.7. The zero-order valence-electron chi connectivity index (χ0n) is 14.4. The largest absolute Gasteiger partial charge is 0.433 e. The normalized spacial score (nSPS) is 13.8. The molecule has 1 aromatic heterocycles. The molecule has 0 radical (unpaired) electrons. The van der Waals surface area contributed by atoms with Gasteiger partial charge in [0.15, 0.2) is 0 Å². The molecule has 6 nitrogen and oxygen atoms in total. The van der Waals surface area contributed by atoms with E-state index in [0.29, 0.717) is 11.4 Å². The van der Waals surface area contributed by atoms with Gasteiger partial charge in [0.1, 0.15) is 5.69 Å². The predicted molar refractivity (Wildman–Crippen MR) is 93.5 cm³/mol. The van der Waals surface area contributed by atoms with Gasteiger partial charge in [0.05, 0.1) is 11.3 Å². The van der Waals surface area contributed by atoms with Crippen molar-refractivity contribution >= 4 is 23.3 Å². The Hall–Kier alpha value is -3.10. The van der Waals surface area contributed by atoms with Gasteiger partial charge in [-0.1, -0.05) is 0 Å². The minimum atomic E-state index is -4.56. The number of aromatic nitrogens is 1. The van der Waals surface area contributed by atoms with Crippen LogP contribution < -0.4 is 16.0 Å². The zero-order valence-corrected chi connectivity index (χ0v) is 14.4. The summed E-state index contributed by atoms with van der Waals surface area (Å²) in [4.78, 5) is 27.4. The summed E-state index contributed by atoms with van der Waals surface area (Å²) >= 11 is 0. The first-order valence-electron chi connectivity index (χ1n) is 8.26. The molecule has 1 fully saturated rings. The van der Waals surface area contributed by atoms with Gasteiger partial charge in [0, 0.05) is 17.4 Å². The van der Waals surface area contributed by atoms with Crippen LogP contribution in [0.25, 0.3) is 0 Å². The number of pyridine rings is 1. The molecule has 1 aliphatic rings. The Morgan fingerprint density at radius 2 is 1.59 bits per heavy atom. The van der Waals surface area contributed by atoms with Crippen LogP contribution in [-0.2, 0) is 6.18 Å². The summed E-state index contributed by atoms with van der Waals surface area (Å²) in [6.07, 6.45) is -2.60. The van der Waals surface area contributed by atoms with Crippen LogP contribution in [0.5, 0.6) is 0 Å². The van der Waals surface area contributed by atoms with Crippen LogP contribution in [0.2, 0.25) is 0 Å². The lowest BCUT2D eigenvalue weighted by molar-refractivity contribution is -0.141. The van der Waals surface area contributed by atoms with Crippen molar-refractivity contribution in [1.29, 1.82) is 0 Å². The van der Waals surface area contributed by atoms with Crippen LogP contribution in [0.3, 0.4) is 0 Å². The molecule has 3 amide bonds. The topological polar surface area (TPSA) is 83.1 Å². The molecule has 0 saturated heterocycles. The molecule has 2 aromatic rings. The van der Waals surface area contributed by atoms with Crippen LogP contribution >= 0.6 is 0 Å². The minimum Gasteiger partial charge on any atom is -0.335 e. The highest BCUT2D eigenvalue weighted by Gasteiger charge is 2.33. The van der Waals surface area contributed by atoms with E-state index in [4.69, 9.17) is 0 Å². The van der Waals surface area contributed by atoms with E-state index in [1.807, 2.05) is 0 Å². The number of carbonyl (C=O) groups is 2. The summed E-state index contributed by atoms with van der Waals surface area (Å²) in [5.41, 5.74) is -0.0196. The minimum absolute atomic E-state index is 0.0163. The highest BCUT2D eigenvalue weighted by atomic mass is 19.4. The van der Waals surface area contributed by atoms with Crippen molar-refractivity contribution in [3.8, 4) is 0 Å². The fourth-order valence-corrected chi connectivity index (χ4v) is 2.37. The lowest BCUT2D eigenvalue weighted by Gasteiger charge is -2.11. The van der Waals surface area contributed by atoms with Crippen molar-refractivity contribution in [2.24, 2.45) is 0 Å². The summed E-state index contributed by atoms with van der Waals surface area (Å²) in [6.45, 7) is 1.34. The van der Waals surface area contributed by atoms with Crippen molar-refractivity contribution in [3.63, 3.8) is 0 Å². The molecule has 0 spiro atoms. The first-order valence-corrected chi connectivity index (χ1v) is 8.26. The van der Waals surface area contributed by atoms with E-state index in [0.717, 1.165) is 25.0 Å². The number of aryl methyl sites for hydroxylation is 1. The van der Waals surface area contributed by atoms with E-state index in [2.05, 4.69) is 20.9 Å². The van der Waals surface area contributed by atoms with Gasteiger partial charge in [0.25, 0.3) is 5.91 Å². The second kappa shape index (κ2) is 7.26. The lowest BCUT2D eigenvalue weighted by atomic mass is 10.1. The predicted octanol–water partition coefficient (Wildman–Crippen LogP) is 3.95. The summed E-state index contributed by atoms with van der Waals surface area (Å²) in [6, 6.07) is 8.20. The average Bonchev–Trinajstić information content (AvgIpc) is 3.39. The quantitative estimate of drug-likeness (QED) is 0.753. The molecule has 9 heteroatoms. The number of hydrogen-bond acceptors (Lipinski definition) is 3. The molecular weight excluding hydrogens is 361 g/mol. The van der Waals surface area contributed by atoms with Crippen molar-refractivity contribution in [1.82, 2.24) is 10.3 Å². The first kappa shape index (κ1) is 18.7. The van der Waals surface area contributed by atoms with Crippen LogP contribution in [0.15, 0.2) is 36.4 Å². The third-order valence-corrected chi connectivity index (χ3v) is 3.93. The first-order chi connectivity index (χ1) is 12.7. The monoisotopic (exact) mass is 378 g/mol. The number of amides is 3. The molecule has 3 N–H and O–H groups in total. The Morgan fingerprint density at radius 3 is 2.11 bits per heavy atom. The number of urea groups is 1. The highest BCUT2D eigenvalue weighted by molar-refractivity contribution is 6.05. The van der Waals surface area contributed by atoms with Gasteiger partial charge in [-0.3, -0.25) is 4.79 Å². The van der Waals surface area contributed by atoms with Crippen LogP contribution in [-0.4, -0.2) is 23.0 Å². The van der Waals surface area contributed by atoms with E-state index in [1.54, 1.807) is 24.3 Å². The molecule has 0 aliphatic heterocycles. The molecule has 0 atom stereocenters. The van der Waals surface area contributed by atoms with Gasteiger partial charge in [0.2, 0.25) is 0 Å². The van der Waals surface area contributed by atoms with Crippen LogP contribution in [0.4, 0.5) is 29.3 Å². The lowest BCUT2D eigenvalue weighted by Crippen LogP contribution is -2.30. The van der Waals surface area contributed by atoms with E-state index < -0.39 is 17.8 Å². The van der Waals surface area contributed by atoms with Gasteiger partial charge in [-0.15, -0.1) is 0 Å². The Labute approximate surface area is 153 Å². The molecule has 1 saturated carbocycles. The summed E-state index contributed by atoms with van der Waals surface area (Å²) in [5, 5.41) is 8.05. The summed E-state index contributed by atoms with van der Waals surface area (Å²) in [5.74, 6) is -0.569. The number of rotatable bonds is 4. The highest BCUT2D eigenvalue weighted by Crippen LogP contribution is 2.28. The molecule has 142 valence electrons. The molecule has 0 unspecified atom stereocenters. The Morgan fingerprint density at radius 1 is 1.00 bits per heavy atom. The number of alkyl halides is 3. The van der Waals surface area contributed by atoms with Gasteiger partial charge >= 0.3 is 12.2 Å². The Bertz CT molecular complexity index is 862. The Kier molecular flexibility index (Phi) is 5.02. The molecule has 3 rings (SSSR count). The van der Waals surface area contributed by atoms with E-state index in [-0.39, 0.29) is 23.3 Å². The smallest absolute Gasteiger partial charge is 0.335 e. The summed E-state index contributed by atoms with van der Waals surface area (Å²) < 4.78 is 38.0. The van der Waals surface area contributed by atoms with Crippen molar-refractivity contribution in [3.05, 3.63) is 53.3 Å². The number of hydrogen-bond donors (Lipinski definition) is 3. The molecule has 1 aromatic carbocycles. The molecular formula is C18H17F3N4O2.